The molecule has 0 bridgehead atoms. The third-order valence-corrected chi connectivity index (χ3v) is 5.54. The van der Waals surface area contributed by atoms with Gasteiger partial charge in [0, 0.05) is 11.1 Å². The predicted molar refractivity (Wildman–Crippen MR) is 53.5 cm³/mol. The Kier molecular flexibility index (Phi) is 2.74. The van der Waals surface area contributed by atoms with Crippen molar-refractivity contribution >= 4 is 31.2 Å². The number of primary sulfonamides is 1. The minimum atomic E-state index is -3.83. The van der Waals surface area contributed by atoms with Crippen LogP contribution < -0.4 is 5.14 Å². The highest BCUT2D eigenvalue weighted by molar-refractivity contribution is 7.93. The van der Waals surface area contributed by atoms with Gasteiger partial charge in [0.1, 0.15) is 4.21 Å². The zero-order chi connectivity index (χ0) is 11.1. The lowest BCUT2D eigenvalue weighted by atomic mass is 10.5. The number of sulfone groups is 1. The quantitative estimate of drug-likeness (QED) is 0.811. The van der Waals surface area contributed by atoms with E-state index in [-0.39, 0.29) is 9.10 Å². The van der Waals surface area contributed by atoms with Gasteiger partial charge >= 0.3 is 0 Å². The molecular weight excluding hydrogens is 246 g/mol. The molecule has 8 heteroatoms. The summed E-state index contributed by atoms with van der Waals surface area (Å²) in [7, 11) is -7.19. The van der Waals surface area contributed by atoms with Crippen LogP contribution in [0.4, 0.5) is 0 Å². The van der Waals surface area contributed by atoms with Crippen molar-refractivity contribution in [3.63, 3.8) is 0 Å². The van der Waals surface area contributed by atoms with Gasteiger partial charge in [-0.15, -0.1) is 11.3 Å². The standard InChI is InChI=1S/C6H9NO4S3/c1-4-5(14(7,10)11)3-6(12-4)13(2,8)9/h3H,1-2H3,(H2,7,10,11). The maximum Gasteiger partial charge on any atom is 0.239 e. The van der Waals surface area contributed by atoms with E-state index in [0.717, 1.165) is 23.7 Å². The van der Waals surface area contributed by atoms with Gasteiger partial charge < -0.3 is 0 Å². The van der Waals surface area contributed by atoms with Gasteiger partial charge in [0.25, 0.3) is 0 Å². The van der Waals surface area contributed by atoms with E-state index in [0.29, 0.717) is 4.88 Å². The van der Waals surface area contributed by atoms with Crippen molar-refractivity contribution < 1.29 is 16.8 Å². The molecule has 0 radical (unpaired) electrons. The molecule has 0 unspecified atom stereocenters. The fourth-order valence-electron chi connectivity index (χ4n) is 0.905. The van der Waals surface area contributed by atoms with Gasteiger partial charge in [0.15, 0.2) is 9.84 Å². The molecule has 0 saturated carbocycles. The summed E-state index contributed by atoms with van der Waals surface area (Å²) >= 11 is 0.901. The van der Waals surface area contributed by atoms with Crippen LogP contribution in [0.15, 0.2) is 15.2 Å². The Bertz CT molecular complexity index is 552. The van der Waals surface area contributed by atoms with E-state index < -0.39 is 19.9 Å². The summed E-state index contributed by atoms with van der Waals surface area (Å²) in [6, 6.07) is 1.09. The molecule has 1 aromatic heterocycles. The molecule has 5 nitrogen and oxygen atoms in total. The van der Waals surface area contributed by atoms with Gasteiger partial charge in [0.2, 0.25) is 10.0 Å². The number of nitrogens with two attached hydrogens (primary N) is 1. The van der Waals surface area contributed by atoms with E-state index in [2.05, 4.69) is 0 Å². The summed E-state index contributed by atoms with van der Waals surface area (Å²) in [5.41, 5.74) is 0. The van der Waals surface area contributed by atoms with Crippen LogP contribution in [0.3, 0.4) is 0 Å². The molecule has 2 N–H and O–H groups in total. The van der Waals surface area contributed by atoms with E-state index >= 15 is 0 Å². The van der Waals surface area contributed by atoms with Gasteiger partial charge in [-0.3, -0.25) is 0 Å². The first-order chi connectivity index (χ1) is 6.12. The van der Waals surface area contributed by atoms with E-state index in [1.54, 1.807) is 0 Å². The second-order valence-corrected chi connectivity index (χ2v) is 7.83. The first-order valence-corrected chi connectivity index (χ1v) is 7.71. The third kappa shape index (κ3) is 2.32. The van der Waals surface area contributed by atoms with Crippen LogP contribution in [-0.2, 0) is 19.9 Å². The SMILES string of the molecule is Cc1sc(S(C)(=O)=O)cc1S(N)(=O)=O. The first-order valence-electron chi connectivity index (χ1n) is 3.45. The van der Waals surface area contributed by atoms with Gasteiger partial charge in [-0.1, -0.05) is 0 Å². The summed E-state index contributed by atoms with van der Waals surface area (Å²) in [4.78, 5) is 0.260. The van der Waals surface area contributed by atoms with Crippen molar-refractivity contribution in [1.82, 2.24) is 0 Å². The molecule has 1 rings (SSSR count). The number of hydrogen-bond donors (Lipinski definition) is 1. The molecule has 0 aliphatic carbocycles. The van der Waals surface area contributed by atoms with Crippen molar-refractivity contribution in [3.05, 3.63) is 10.9 Å². The van der Waals surface area contributed by atoms with Crippen LogP contribution in [0.25, 0.3) is 0 Å². The minimum absolute atomic E-state index is 0.0130. The van der Waals surface area contributed by atoms with Crippen LogP contribution in [-0.4, -0.2) is 23.1 Å². The highest BCUT2D eigenvalue weighted by Gasteiger charge is 2.19. The molecule has 0 saturated heterocycles. The van der Waals surface area contributed by atoms with Crippen molar-refractivity contribution in [2.24, 2.45) is 5.14 Å². The van der Waals surface area contributed by atoms with Crippen molar-refractivity contribution in [3.8, 4) is 0 Å². The maximum absolute atomic E-state index is 11.1. The second-order valence-electron chi connectivity index (χ2n) is 2.80. The molecule has 0 atom stereocenters. The van der Waals surface area contributed by atoms with Crippen LogP contribution >= 0.6 is 11.3 Å². The fourth-order valence-corrected chi connectivity index (χ4v) is 4.16. The van der Waals surface area contributed by atoms with Crippen molar-refractivity contribution in [2.45, 2.75) is 16.0 Å². The second kappa shape index (κ2) is 3.30. The molecule has 0 aliphatic heterocycles. The Morgan fingerprint density at radius 3 is 2.00 bits per heavy atom. The maximum atomic E-state index is 11.1. The Balaban J connectivity index is 3.49. The Morgan fingerprint density at radius 2 is 1.79 bits per heavy atom. The molecule has 0 aromatic carbocycles. The monoisotopic (exact) mass is 255 g/mol. The molecule has 1 aromatic rings. The molecule has 0 fully saturated rings. The van der Waals surface area contributed by atoms with Gasteiger partial charge in [-0.2, -0.15) is 0 Å². The van der Waals surface area contributed by atoms with Crippen molar-refractivity contribution in [2.75, 3.05) is 6.26 Å². The zero-order valence-electron chi connectivity index (χ0n) is 7.51. The van der Waals surface area contributed by atoms with E-state index in [1.165, 1.54) is 6.92 Å². The summed E-state index contributed by atoms with van der Waals surface area (Å²) < 4.78 is 44.2. The molecule has 1 heterocycles. The van der Waals surface area contributed by atoms with E-state index in [9.17, 15) is 16.8 Å². The lowest BCUT2D eigenvalue weighted by Crippen LogP contribution is -2.12. The van der Waals surface area contributed by atoms with Crippen LogP contribution in [0, 0.1) is 6.92 Å². The summed E-state index contributed by atoms with van der Waals surface area (Å²) in [6.07, 6.45) is 1.02. The first kappa shape index (κ1) is 11.6. The average Bonchev–Trinajstić information content (AvgIpc) is 2.27. The summed E-state index contributed by atoms with van der Waals surface area (Å²) in [5.74, 6) is 0. The minimum Gasteiger partial charge on any atom is -0.225 e. The van der Waals surface area contributed by atoms with Crippen LogP contribution in [0.1, 0.15) is 4.88 Å². The highest BCUT2D eigenvalue weighted by Crippen LogP contribution is 2.27. The van der Waals surface area contributed by atoms with E-state index in [4.69, 9.17) is 5.14 Å². The lowest BCUT2D eigenvalue weighted by Gasteiger charge is -1.92. The number of thiophene rings is 1. The number of hydrogen-bond acceptors (Lipinski definition) is 5. The fraction of sp³-hybridized carbons (Fsp3) is 0.333. The lowest BCUT2D eigenvalue weighted by molar-refractivity contribution is 0.597. The normalized spacial score (nSPS) is 13.1. The molecular formula is C6H9NO4S3. The average molecular weight is 255 g/mol. The molecule has 14 heavy (non-hydrogen) atoms. The third-order valence-electron chi connectivity index (χ3n) is 1.52. The van der Waals surface area contributed by atoms with Gasteiger partial charge in [-0.05, 0) is 13.0 Å². The molecule has 0 aliphatic rings. The molecule has 0 spiro atoms. The smallest absolute Gasteiger partial charge is 0.225 e. The summed E-state index contributed by atoms with van der Waals surface area (Å²) in [5, 5.41) is 4.90. The molecule has 80 valence electrons. The van der Waals surface area contributed by atoms with E-state index in [1.807, 2.05) is 0 Å². The summed E-state index contributed by atoms with van der Waals surface area (Å²) in [6.45, 7) is 1.51. The molecule has 0 amide bonds. The topological polar surface area (TPSA) is 94.3 Å². The van der Waals surface area contributed by atoms with Gasteiger partial charge in [-0.25, -0.2) is 22.0 Å². The number of sulfonamides is 1. The predicted octanol–water partition coefficient (Wildman–Crippen LogP) is 0.107. The zero-order valence-corrected chi connectivity index (χ0v) is 9.96. The van der Waals surface area contributed by atoms with Crippen LogP contribution in [0.5, 0.6) is 0 Å². The van der Waals surface area contributed by atoms with Crippen LogP contribution in [0.2, 0.25) is 0 Å². The Morgan fingerprint density at radius 1 is 1.29 bits per heavy atom. The van der Waals surface area contributed by atoms with Crippen molar-refractivity contribution in [1.29, 1.82) is 0 Å². The van der Waals surface area contributed by atoms with Gasteiger partial charge in [0.05, 0.1) is 4.90 Å². The largest absolute Gasteiger partial charge is 0.239 e. The number of aryl methyl sites for hydroxylation is 1. The highest BCUT2D eigenvalue weighted by atomic mass is 32.2. The Labute approximate surface area is 86.5 Å². The number of rotatable bonds is 2. The Hall–Kier alpha value is -0.440.